The molecular formula is C54H42N2O. The van der Waals surface area contributed by atoms with Crippen LogP contribution in [0.15, 0.2) is 150 Å². The average molecular weight is 735 g/mol. The second-order valence-corrected chi connectivity index (χ2v) is 16.2. The second-order valence-electron chi connectivity index (χ2n) is 16.2. The Morgan fingerprint density at radius 3 is 1.14 bits per heavy atom. The number of fused-ring (bicyclic) bond motifs is 9. The van der Waals surface area contributed by atoms with Crippen molar-refractivity contribution < 1.29 is 4.42 Å². The summed E-state index contributed by atoms with van der Waals surface area (Å²) in [5.74, 6) is 0. The highest BCUT2D eigenvalue weighted by Crippen LogP contribution is 2.41. The van der Waals surface area contributed by atoms with Gasteiger partial charge in [-0.2, -0.15) is 0 Å². The third-order valence-electron chi connectivity index (χ3n) is 12.2. The quantitative estimate of drug-likeness (QED) is 0.177. The first-order valence-electron chi connectivity index (χ1n) is 19.9. The highest BCUT2D eigenvalue weighted by molar-refractivity contribution is 6.13. The van der Waals surface area contributed by atoms with Gasteiger partial charge in [0.05, 0.1) is 22.1 Å². The molecule has 3 heterocycles. The summed E-state index contributed by atoms with van der Waals surface area (Å²) in [5, 5.41) is 7.21. The predicted octanol–water partition coefficient (Wildman–Crippen LogP) is 15.0. The van der Waals surface area contributed by atoms with Gasteiger partial charge in [0, 0.05) is 43.7 Å². The summed E-state index contributed by atoms with van der Waals surface area (Å²) in [7, 11) is 0. The van der Waals surface area contributed by atoms with E-state index in [9.17, 15) is 0 Å². The molecule has 3 nitrogen and oxygen atoms in total. The zero-order valence-electron chi connectivity index (χ0n) is 33.2. The monoisotopic (exact) mass is 734 g/mol. The molecule has 0 atom stereocenters. The van der Waals surface area contributed by atoms with Crippen molar-refractivity contribution in [2.45, 2.75) is 41.5 Å². The molecule has 274 valence electrons. The maximum atomic E-state index is 6.52. The molecule has 0 bridgehead atoms. The third-order valence-corrected chi connectivity index (χ3v) is 12.2. The Hall–Kier alpha value is -6.84. The van der Waals surface area contributed by atoms with Gasteiger partial charge in [-0.15, -0.1) is 0 Å². The highest BCUT2D eigenvalue weighted by atomic mass is 16.3. The molecule has 0 spiro atoms. The van der Waals surface area contributed by atoms with E-state index >= 15 is 0 Å². The average Bonchev–Trinajstić information content (AvgIpc) is 3.84. The Morgan fingerprint density at radius 2 is 0.719 bits per heavy atom. The van der Waals surface area contributed by atoms with Crippen LogP contribution >= 0.6 is 0 Å². The topological polar surface area (TPSA) is 23.0 Å². The number of furan rings is 1. The molecule has 0 fully saturated rings. The van der Waals surface area contributed by atoms with Crippen LogP contribution in [0.2, 0.25) is 0 Å². The Labute approximate surface area is 332 Å². The predicted molar refractivity (Wildman–Crippen MR) is 242 cm³/mol. The zero-order chi connectivity index (χ0) is 38.7. The van der Waals surface area contributed by atoms with E-state index < -0.39 is 0 Å². The fourth-order valence-electron chi connectivity index (χ4n) is 10.1. The molecule has 0 aliphatic rings. The van der Waals surface area contributed by atoms with Crippen LogP contribution < -0.4 is 0 Å². The molecule has 8 aromatic carbocycles. The number of benzene rings is 8. The van der Waals surface area contributed by atoms with Crippen molar-refractivity contribution >= 4 is 65.6 Å². The number of hydrogen-bond donors (Lipinski definition) is 0. The molecule has 0 radical (unpaired) electrons. The number of hydrogen-bond acceptors (Lipinski definition) is 1. The molecule has 0 aliphatic carbocycles. The van der Waals surface area contributed by atoms with Crippen LogP contribution in [-0.4, -0.2) is 9.13 Å². The van der Waals surface area contributed by atoms with Gasteiger partial charge in [0.15, 0.2) is 0 Å². The standard InChI is InChI=1S/C54H42N2O/c1-31-23-33(3)53(34(4)24-31)37-15-19-49-43(27-37)41-11-7-9-13-47(41)55(49)39-17-21-51-45(29-39)46-30-40(18-22-52(46)57-51)56-48-14-10-8-12-42(48)44-28-38(16-20-50(44)56)54-35(5)25-32(2)26-36(54)6/h7-30H,1-6H3. The molecule has 0 aliphatic heterocycles. The van der Waals surface area contributed by atoms with Crippen LogP contribution in [0.25, 0.3) is 99.2 Å². The summed E-state index contributed by atoms with van der Waals surface area (Å²) in [6, 6.07) is 53.9. The van der Waals surface area contributed by atoms with E-state index in [0.29, 0.717) is 0 Å². The van der Waals surface area contributed by atoms with E-state index in [1.165, 1.54) is 99.2 Å². The first-order chi connectivity index (χ1) is 27.7. The lowest BCUT2D eigenvalue weighted by atomic mass is 9.93. The SMILES string of the molecule is Cc1cc(C)c(-c2ccc3c(c2)c2ccccc2n3-c2ccc3oc4ccc(-n5c6ccccc6c6cc(-c7c(C)cc(C)cc7C)ccc65)cc4c3c2)c(C)c1. The smallest absolute Gasteiger partial charge is 0.135 e. The van der Waals surface area contributed by atoms with Crippen LogP contribution in [0.5, 0.6) is 0 Å². The van der Waals surface area contributed by atoms with Gasteiger partial charge in [-0.05, 0) is 159 Å². The van der Waals surface area contributed by atoms with E-state index in [1.54, 1.807) is 0 Å². The third kappa shape index (κ3) is 5.05. The van der Waals surface area contributed by atoms with E-state index in [1.807, 2.05) is 0 Å². The lowest BCUT2D eigenvalue weighted by Crippen LogP contribution is -1.95. The molecule has 3 heteroatoms. The molecule has 0 N–H and O–H groups in total. The van der Waals surface area contributed by atoms with Gasteiger partial charge < -0.3 is 13.6 Å². The molecule has 0 saturated heterocycles. The second kappa shape index (κ2) is 12.3. The molecular weight excluding hydrogens is 693 g/mol. The summed E-state index contributed by atoms with van der Waals surface area (Å²) in [5.41, 5.74) is 21.8. The molecule has 57 heavy (non-hydrogen) atoms. The van der Waals surface area contributed by atoms with Crippen LogP contribution in [0.4, 0.5) is 0 Å². The van der Waals surface area contributed by atoms with Gasteiger partial charge in [0.1, 0.15) is 11.2 Å². The fraction of sp³-hybridized carbons (Fsp3) is 0.111. The van der Waals surface area contributed by atoms with Crippen LogP contribution in [0, 0.1) is 41.5 Å². The Kier molecular flexibility index (Phi) is 7.25. The molecule has 0 saturated carbocycles. The minimum Gasteiger partial charge on any atom is -0.456 e. The van der Waals surface area contributed by atoms with Crippen LogP contribution in [0.3, 0.4) is 0 Å². The molecule has 0 unspecified atom stereocenters. The highest BCUT2D eigenvalue weighted by Gasteiger charge is 2.19. The number of aromatic nitrogens is 2. The Morgan fingerprint density at radius 1 is 0.333 bits per heavy atom. The number of rotatable bonds is 4. The molecule has 11 rings (SSSR count). The first kappa shape index (κ1) is 33.5. The lowest BCUT2D eigenvalue weighted by molar-refractivity contribution is 0.669. The van der Waals surface area contributed by atoms with Crippen molar-refractivity contribution in [2.24, 2.45) is 0 Å². The minimum absolute atomic E-state index is 0.884. The summed E-state index contributed by atoms with van der Waals surface area (Å²) < 4.78 is 11.3. The summed E-state index contributed by atoms with van der Waals surface area (Å²) >= 11 is 0. The van der Waals surface area contributed by atoms with Gasteiger partial charge >= 0.3 is 0 Å². The maximum Gasteiger partial charge on any atom is 0.135 e. The summed E-state index contributed by atoms with van der Waals surface area (Å²) in [4.78, 5) is 0. The zero-order valence-corrected chi connectivity index (χ0v) is 33.2. The van der Waals surface area contributed by atoms with E-state index in [4.69, 9.17) is 4.42 Å². The van der Waals surface area contributed by atoms with E-state index in [-0.39, 0.29) is 0 Å². The maximum absolute atomic E-state index is 6.52. The Bertz CT molecular complexity index is 3200. The van der Waals surface area contributed by atoms with Gasteiger partial charge in [0.25, 0.3) is 0 Å². The molecule has 0 amide bonds. The summed E-state index contributed by atoms with van der Waals surface area (Å²) in [6.07, 6.45) is 0. The van der Waals surface area contributed by atoms with Crippen molar-refractivity contribution in [3.63, 3.8) is 0 Å². The van der Waals surface area contributed by atoms with Gasteiger partial charge in [-0.1, -0.05) is 83.9 Å². The first-order valence-corrected chi connectivity index (χ1v) is 19.9. The lowest BCUT2D eigenvalue weighted by Gasteiger charge is -2.13. The molecule has 3 aromatic heterocycles. The number of nitrogens with zero attached hydrogens (tertiary/aromatic N) is 2. The van der Waals surface area contributed by atoms with Crippen molar-refractivity contribution in [2.75, 3.05) is 0 Å². The minimum atomic E-state index is 0.884. The van der Waals surface area contributed by atoms with Crippen molar-refractivity contribution in [1.82, 2.24) is 9.13 Å². The van der Waals surface area contributed by atoms with Gasteiger partial charge in [-0.3, -0.25) is 0 Å². The summed E-state index contributed by atoms with van der Waals surface area (Å²) in [6.45, 7) is 13.3. The van der Waals surface area contributed by atoms with Crippen LogP contribution in [-0.2, 0) is 0 Å². The van der Waals surface area contributed by atoms with Crippen LogP contribution in [0.1, 0.15) is 33.4 Å². The Balaban J connectivity index is 1.08. The van der Waals surface area contributed by atoms with Crippen molar-refractivity contribution in [3.8, 4) is 33.6 Å². The largest absolute Gasteiger partial charge is 0.456 e. The van der Waals surface area contributed by atoms with Gasteiger partial charge in [0.2, 0.25) is 0 Å². The number of para-hydroxylation sites is 2. The normalized spacial score (nSPS) is 12.0. The van der Waals surface area contributed by atoms with Crippen molar-refractivity contribution in [3.05, 3.63) is 179 Å². The number of aryl methyl sites for hydroxylation is 6. The van der Waals surface area contributed by atoms with E-state index in [0.717, 1.165) is 33.3 Å². The molecule has 11 aromatic rings. The van der Waals surface area contributed by atoms with E-state index in [2.05, 4.69) is 196 Å². The van der Waals surface area contributed by atoms with Crippen molar-refractivity contribution in [1.29, 1.82) is 0 Å². The van der Waals surface area contributed by atoms with Gasteiger partial charge in [-0.25, -0.2) is 0 Å². The fourth-order valence-corrected chi connectivity index (χ4v) is 10.1.